The third-order valence-electron chi connectivity index (χ3n) is 4.88. The molecule has 7 heteroatoms. The minimum atomic E-state index is 0.113. The van der Waals surface area contributed by atoms with Gasteiger partial charge in [-0.1, -0.05) is 68.9 Å². The van der Waals surface area contributed by atoms with Gasteiger partial charge in [-0.3, -0.25) is 0 Å². The van der Waals surface area contributed by atoms with Gasteiger partial charge in [0.1, 0.15) is 5.82 Å². The summed E-state index contributed by atoms with van der Waals surface area (Å²) in [6, 6.07) is 16.5. The minimum absolute atomic E-state index is 0.113. The van der Waals surface area contributed by atoms with Gasteiger partial charge < -0.3 is 10.4 Å². The number of hydrogen-bond acceptors (Lipinski definition) is 5. The molecule has 0 fully saturated rings. The highest BCUT2D eigenvalue weighted by Crippen LogP contribution is 2.28. The van der Waals surface area contributed by atoms with Crippen LogP contribution in [0.15, 0.2) is 53.7 Å². The molecule has 6 nitrogen and oxygen atoms in total. The van der Waals surface area contributed by atoms with Crippen LogP contribution in [0, 0.1) is 0 Å². The first-order chi connectivity index (χ1) is 13.3. The number of hydrogen-bond donors (Lipinski definition) is 1. The Morgan fingerprint density at radius 2 is 1.71 bits per heavy atom. The van der Waals surface area contributed by atoms with Crippen LogP contribution in [0.25, 0.3) is 22.4 Å². The van der Waals surface area contributed by atoms with Gasteiger partial charge >= 0.3 is 0 Å². The molecular formula is C21H24N6S. The summed E-state index contributed by atoms with van der Waals surface area (Å²) in [5.74, 6) is 8.59. The average molecular weight is 393 g/mol. The van der Waals surface area contributed by atoms with E-state index in [9.17, 15) is 0 Å². The van der Waals surface area contributed by atoms with Crippen LogP contribution in [0.4, 0.5) is 0 Å². The maximum atomic E-state index is 6.28. The summed E-state index contributed by atoms with van der Waals surface area (Å²) in [5.41, 5.74) is 4.45. The van der Waals surface area contributed by atoms with E-state index in [1.54, 1.807) is 4.68 Å². The Morgan fingerprint density at radius 3 is 2.39 bits per heavy atom. The number of imidazole rings is 1. The molecule has 0 bridgehead atoms. The van der Waals surface area contributed by atoms with Crippen molar-refractivity contribution < 1.29 is 0 Å². The molecule has 0 aliphatic carbocycles. The van der Waals surface area contributed by atoms with Gasteiger partial charge in [0.15, 0.2) is 5.82 Å². The third kappa shape index (κ3) is 3.38. The summed E-state index contributed by atoms with van der Waals surface area (Å²) >= 11 is 1.53. The van der Waals surface area contributed by atoms with Crippen molar-refractivity contribution in [3.63, 3.8) is 0 Å². The second-order valence-electron chi connectivity index (χ2n) is 7.87. The highest BCUT2D eigenvalue weighted by molar-refractivity contribution is 7.98. The SMILES string of the molecule is Cn1c(CSc2nnc(-c3ccc(C(C)(C)C)cc3)n2N)nc2ccccc21. The van der Waals surface area contributed by atoms with E-state index in [2.05, 4.69) is 53.7 Å². The van der Waals surface area contributed by atoms with Gasteiger partial charge in [-0.15, -0.1) is 10.2 Å². The lowest BCUT2D eigenvalue weighted by Crippen LogP contribution is -2.13. The van der Waals surface area contributed by atoms with Crippen molar-refractivity contribution in [3.8, 4) is 11.4 Å². The number of aryl methyl sites for hydroxylation is 1. The van der Waals surface area contributed by atoms with Crippen molar-refractivity contribution in [1.82, 2.24) is 24.4 Å². The smallest absolute Gasteiger partial charge is 0.210 e. The molecule has 0 saturated carbocycles. The maximum Gasteiger partial charge on any atom is 0.210 e. The number of nitrogens with zero attached hydrogens (tertiary/aromatic N) is 5. The van der Waals surface area contributed by atoms with Crippen LogP contribution in [-0.4, -0.2) is 24.4 Å². The van der Waals surface area contributed by atoms with Crippen LogP contribution < -0.4 is 5.84 Å². The van der Waals surface area contributed by atoms with Gasteiger partial charge in [0.25, 0.3) is 0 Å². The monoisotopic (exact) mass is 392 g/mol. The fourth-order valence-corrected chi connectivity index (χ4v) is 3.99. The Bertz CT molecular complexity index is 1120. The summed E-state index contributed by atoms with van der Waals surface area (Å²) < 4.78 is 3.66. The minimum Gasteiger partial charge on any atom is -0.335 e. The van der Waals surface area contributed by atoms with Gasteiger partial charge in [0, 0.05) is 12.6 Å². The van der Waals surface area contributed by atoms with E-state index >= 15 is 0 Å². The first-order valence-electron chi connectivity index (χ1n) is 9.19. The van der Waals surface area contributed by atoms with E-state index in [1.807, 2.05) is 37.4 Å². The van der Waals surface area contributed by atoms with Crippen molar-refractivity contribution in [2.45, 2.75) is 37.1 Å². The summed E-state index contributed by atoms with van der Waals surface area (Å²) in [5, 5.41) is 9.24. The quantitative estimate of drug-likeness (QED) is 0.417. The number of nitrogens with two attached hydrogens (primary N) is 1. The molecule has 2 heterocycles. The Labute approximate surface area is 168 Å². The first kappa shape index (κ1) is 18.6. The Hall–Kier alpha value is -2.80. The molecular weight excluding hydrogens is 368 g/mol. The highest BCUT2D eigenvalue weighted by atomic mass is 32.2. The van der Waals surface area contributed by atoms with Gasteiger partial charge in [0.2, 0.25) is 5.16 Å². The maximum absolute atomic E-state index is 6.28. The Balaban J connectivity index is 1.54. The van der Waals surface area contributed by atoms with Crippen LogP contribution >= 0.6 is 11.8 Å². The number of rotatable bonds is 4. The van der Waals surface area contributed by atoms with Crippen LogP contribution in [0.3, 0.4) is 0 Å². The summed E-state index contributed by atoms with van der Waals surface area (Å²) in [6.07, 6.45) is 0. The Kier molecular flexibility index (Phi) is 4.63. The van der Waals surface area contributed by atoms with E-state index < -0.39 is 0 Å². The zero-order chi connectivity index (χ0) is 19.9. The zero-order valence-corrected chi connectivity index (χ0v) is 17.4. The average Bonchev–Trinajstić information content (AvgIpc) is 3.20. The molecule has 2 N–H and O–H groups in total. The highest BCUT2D eigenvalue weighted by Gasteiger charge is 2.17. The van der Waals surface area contributed by atoms with Crippen LogP contribution in [0.1, 0.15) is 32.2 Å². The van der Waals surface area contributed by atoms with Crippen LogP contribution in [0.5, 0.6) is 0 Å². The van der Waals surface area contributed by atoms with E-state index in [0.29, 0.717) is 16.7 Å². The molecule has 0 radical (unpaired) electrons. The third-order valence-corrected chi connectivity index (χ3v) is 5.82. The number of thioether (sulfide) groups is 1. The molecule has 144 valence electrons. The predicted octanol–water partition coefficient (Wildman–Crippen LogP) is 4.14. The molecule has 2 aromatic heterocycles. The number of aromatic nitrogens is 5. The van der Waals surface area contributed by atoms with Crippen molar-refractivity contribution in [2.75, 3.05) is 5.84 Å². The lowest BCUT2D eigenvalue weighted by Gasteiger charge is -2.19. The molecule has 0 spiro atoms. The topological polar surface area (TPSA) is 74.5 Å². The van der Waals surface area contributed by atoms with Gasteiger partial charge in [-0.25, -0.2) is 9.66 Å². The van der Waals surface area contributed by atoms with E-state index in [1.165, 1.54) is 17.3 Å². The Morgan fingerprint density at radius 1 is 1.00 bits per heavy atom. The molecule has 28 heavy (non-hydrogen) atoms. The predicted molar refractivity (Wildman–Crippen MR) is 115 cm³/mol. The summed E-state index contributed by atoms with van der Waals surface area (Å²) in [7, 11) is 2.03. The molecule has 2 aromatic carbocycles. The standard InChI is InChI=1S/C21H24N6S/c1-21(2,3)15-11-9-14(10-12-15)19-24-25-20(27(19)22)28-13-18-23-16-7-5-6-8-17(16)26(18)4/h5-12H,13,22H2,1-4H3. The van der Waals surface area contributed by atoms with Gasteiger partial charge in [-0.05, 0) is 23.1 Å². The van der Waals surface area contributed by atoms with Crippen molar-refractivity contribution in [3.05, 3.63) is 59.9 Å². The molecule has 0 amide bonds. The molecule has 0 aliphatic heterocycles. The van der Waals surface area contributed by atoms with Crippen molar-refractivity contribution >= 4 is 22.8 Å². The van der Waals surface area contributed by atoms with E-state index in [4.69, 9.17) is 10.8 Å². The van der Waals surface area contributed by atoms with Gasteiger partial charge in [-0.2, -0.15) is 0 Å². The molecule has 0 unspecified atom stereocenters. The number of fused-ring (bicyclic) bond motifs is 1. The van der Waals surface area contributed by atoms with Gasteiger partial charge in [0.05, 0.1) is 16.8 Å². The molecule has 0 saturated heterocycles. The van der Waals surface area contributed by atoms with E-state index in [-0.39, 0.29) is 5.41 Å². The lowest BCUT2D eigenvalue weighted by atomic mass is 9.87. The molecule has 0 aliphatic rings. The van der Waals surface area contributed by atoms with Crippen LogP contribution in [0.2, 0.25) is 0 Å². The van der Waals surface area contributed by atoms with Crippen LogP contribution in [-0.2, 0) is 18.2 Å². The fourth-order valence-electron chi connectivity index (χ4n) is 3.15. The van der Waals surface area contributed by atoms with Crippen molar-refractivity contribution in [2.24, 2.45) is 7.05 Å². The summed E-state index contributed by atoms with van der Waals surface area (Å²) in [6.45, 7) is 6.59. The first-order valence-corrected chi connectivity index (χ1v) is 10.2. The van der Waals surface area contributed by atoms with Crippen molar-refractivity contribution in [1.29, 1.82) is 0 Å². The van der Waals surface area contributed by atoms with E-state index in [0.717, 1.165) is 22.4 Å². The second kappa shape index (κ2) is 6.98. The molecule has 4 aromatic rings. The molecule has 4 rings (SSSR count). The largest absolute Gasteiger partial charge is 0.335 e. The molecule has 0 atom stereocenters. The zero-order valence-electron chi connectivity index (χ0n) is 16.5. The number of benzene rings is 2. The normalized spacial score (nSPS) is 12.0. The summed E-state index contributed by atoms with van der Waals surface area (Å²) in [4.78, 5) is 4.70. The number of nitrogen functional groups attached to an aromatic ring is 1. The fraction of sp³-hybridized carbons (Fsp3) is 0.286. The lowest BCUT2D eigenvalue weighted by molar-refractivity contribution is 0.590. The second-order valence-corrected chi connectivity index (χ2v) is 8.81. The number of para-hydroxylation sites is 2.